The molecule has 0 amide bonds. The summed E-state index contributed by atoms with van der Waals surface area (Å²) >= 11 is 17.5. The van der Waals surface area contributed by atoms with Crippen molar-refractivity contribution in [1.82, 2.24) is 4.98 Å². The Balaban J connectivity index is 2.33. The highest BCUT2D eigenvalue weighted by Gasteiger charge is 2.31. The normalized spacial score (nSPS) is 11.7. The molecule has 0 atom stereocenters. The fourth-order valence-corrected chi connectivity index (χ4v) is 3.64. The molecule has 0 saturated carbocycles. The molecule has 96 valence electrons. The van der Waals surface area contributed by atoms with Crippen LogP contribution in [0.4, 0.5) is 0 Å². The molecule has 0 bridgehead atoms. The molecule has 18 heavy (non-hydrogen) atoms. The van der Waals surface area contributed by atoms with Gasteiger partial charge in [-0.1, -0.05) is 28.1 Å². The van der Waals surface area contributed by atoms with Crippen molar-refractivity contribution in [3.8, 4) is 0 Å². The Hall–Kier alpha value is -0.0900. The minimum absolute atomic E-state index is 0.226. The molecule has 0 radical (unpaired) electrons. The number of rotatable bonds is 5. The van der Waals surface area contributed by atoms with E-state index in [9.17, 15) is 0 Å². The summed E-state index contributed by atoms with van der Waals surface area (Å²) in [6.07, 6.45) is 2.71. The second-order valence-corrected chi connectivity index (χ2v) is 6.62. The van der Waals surface area contributed by atoms with Crippen LogP contribution in [0.2, 0.25) is 0 Å². The number of benzene rings is 1. The van der Waals surface area contributed by atoms with E-state index in [-0.39, 0.29) is 5.41 Å². The molecule has 0 aliphatic rings. The van der Waals surface area contributed by atoms with Crippen molar-refractivity contribution in [2.24, 2.45) is 0 Å². The Morgan fingerprint density at radius 3 is 2.33 bits per heavy atom. The van der Waals surface area contributed by atoms with Gasteiger partial charge in [0.15, 0.2) is 0 Å². The maximum absolute atomic E-state index is 6.20. The summed E-state index contributed by atoms with van der Waals surface area (Å²) in [7, 11) is 0. The van der Waals surface area contributed by atoms with Crippen LogP contribution in [-0.2, 0) is 11.8 Å². The molecule has 0 fully saturated rings. The molecular weight excluding hydrogens is 353 g/mol. The molecule has 0 aliphatic heterocycles. The van der Waals surface area contributed by atoms with Crippen molar-refractivity contribution in [3.05, 3.63) is 50.9 Å². The highest BCUT2D eigenvalue weighted by molar-refractivity contribution is 9.10. The van der Waals surface area contributed by atoms with E-state index in [4.69, 9.17) is 23.2 Å². The van der Waals surface area contributed by atoms with Crippen molar-refractivity contribution in [2.75, 3.05) is 11.8 Å². The molecule has 1 aromatic heterocycles. The number of alkyl halides is 2. The van der Waals surface area contributed by atoms with Gasteiger partial charge in [0.25, 0.3) is 0 Å². The number of aromatic nitrogens is 1. The minimum atomic E-state index is -0.226. The summed E-state index contributed by atoms with van der Waals surface area (Å²) in [4.78, 5) is 5.32. The highest BCUT2D eigenvalue weighted by Crippen LogP contribution is 2.33. The van der Waals surface area contributed by atoms with E-state index in [1.54, 1.807) is 11.3 Å². The van der Waals surface area contributed by atoms with Gasteiger partial charge in [-0.3, -0.25) is 4.98 Å². The standard InChI is InChI=1S/C13H12BrCl2NS/c14-11-3-1-10(2-4-11)13(7-15,8-16)5-12-6-17-9-18-12/h1-4,6,9H,5,7-8H2. The number of thiazole rings is 1. The first kappa shape index (κ1) is 14.3. The average Bonchev–Trinajstić information content (AvgIpc) is 2.90. The fraction of sp³-hybridized carbons (Fsp3) is 0.308. The maximum atomic E-state index is 6.20. The Morgan fingerprint density at radius 1 is 1.17 bits per heavy atom. The largest absolute Gasteiger partial charge is 0.253 e. The zero-order chi connectivity index (χ0) is 13.0. The van der Waals surface area contributed by atoms with Crippen LogP contribution in [0.15, 0.2) is 40.4 Å². The monoisotopic (exact) mass is 363 g/mol. The van der Waals surface area contributed by atoms with Crippen LogP contribution >= 0.6 is 50.5 Å². The molecule has 0 unspecified atom stereocenters. The summed E-state index contributed by atoms with van der Waals surface area (Å²) in [6, 6.07) is 8.21. The van der Waals surface area contributed by atoms with Gasteiger partial charge in [0.1, 0.15) is 0 Å². The first-order valence-electron chi connectivity index (χ1n) is 5.45. The Bertz CT molecular complexity index is 480. The van der Waals surface area contributed by atoms with Crippen molar-refractivity contribution < 1.29 is 0 Å². The number of nitrogens with zero attached hydrogens (tertiary/aromatic N) is 1. The number of hydrogen-bond acceptors (Lipinski definition) is 2. The summed E-state index contributed by atoms with van der Waals surface area (Å²) in [5, 5.41) is 0. The predicted octanol–water partition coefficient (Wildman–Crippen LogP) is 4.86. The Kier molecular flexibility index (Phi) is 5.07. The molecular formula is C13H12BrCl2NS. The van der Waals surface area contributed by atoms with E-state index in [1.165, 1.54) is 10.4 Å². The van der Waals surface area contributed by atoms with E-state index in [0.29, 0.717) is 11.8 Å². The lowest BCUT2D eigenvalue weighted by Crippen LogP contribution is -2.33. The smallest absolute Gasteiger partial charge is 0.0794 e. The SMILES string of the molecule is ClCC(CCl)(Cc1cncs1)c1ccc(Br)cc1. The third-order valence-electron chi connectivity index (χ3n) is 2.96. The van der Waals surface area contributed by atoms with Gasteiger partial charge in [-0.2, -0.15) is 0 Å². The topological polar surface area (TPSA) is 12.9 Å². The van der Waals surface area contributed by atoms with Gasteiger partial charge in [-0.25, -0.2) is 0 Å². The Morgan fingerprint density at radius 2 is 1.83 bits per heavy atom. The van der Waals surface area contributed by atoms with E-state index in [1.807, 2.05) is 23.8 Å². The third kappa shape index (κ3) is 3.08. The lowest BCUT2D eigenvalue weighted by atomic mass is 9.81. The van der Waals surface area contributed by atoms with Crippen molar-refractivity contribution >= 4 is 50.5 Å². The van der Waals surface area contributed by atoms with E-state index >= 15 is 0 Å². The second-order valence-electron chi connectivity index (χ2n) is 4.20. The van der Waals surface area contributed by atoms with E-state index < -0.39 is 0 Å². The van der Waals surface area contributed by atoms with E-state index in [0.717, 1.165) is 10.9 Å². The molecule has 0 saturated heterocycles. The van der Waals surface area contributed by atoms with Crippen molar-refractivity contribution in [3.63, 3.8) is 0 Å². The summed E-state index contributed by atoms with van der Waals surface area (Å²) in [6.45, 7) is 0. The second kappa shape index (κ2) is 6.38. The first-order valence-corrected chi connectivity index (χ1v) is 8.20. The van der Waals surface area contributed by atoms with E-state index in [2.05, 4.69) is 33.0 Å². The van der Waals surface area contributed by atoms with Crippen LogP contribution in [0.5, 0.6) is 0 Å². The molecule has 2 aromatic rings. The van der Waals surface area contributed by atoms with Crippen LogP contribution in [0.1, 0.15) is 10.4 Å². The molecule has 0 aliphatic carbocycles. The summed E-state index contributed by atoms with van der Waals surface area (Å²) in [5.41, 5.74) is 2.78. The quantitative estimate of drug-likeness (QED) is 0.690. The van der Waals surface area contributed by atoms with Gasteiger partial charge in [0.2, 0.25) is 0 Å². The van der Waals surface area contributed by atoms with Gasteiger partial charge in [0.05, 0.1) is 5.51 Å². The average molecular weight is 365 g/mol. The number of hydrogen-bond donors (Lipinski definition) is 0. The van der Waals surface area contributed by atoms with Crippen LogP contribution < -0.4 is 0 Å². The molecule has 2 rings (SSSR count). The lowest BCUT2D eigenvalue weighted by Gasteiger charge is -2.29. The van der Waals surface area contributed by atoms with Crippen LogP contribution in [0.3, 0.4) is 0 Å². The summed E-state index contributed by atoms with van der Waals surface area (Å²) < 4.78 is 1.06. The molecule has 5 heteroatoms. The summed E-state index contributed by atoms with van der Waals surface area (Å²) in [5.74, 6) is 0.992. The minimum Gasteiger partial charge on any atom is -0.253 e. The third-order valence-corrected chi connectivity index (χ3v) is 5.30. The fourth-order valence-electron chi connectivity index (χ4n) is 1.85. The van der Waals surface area contributed by atoms with Crippen LogP contribution in [-0.4, -0.2) is 16.7 Å². The van der Waals surface area contributed by atoms with Crippen molar-refractivity contribution in [1.29, 1.82) is 0 Å². The molecule has 0 N–H and O–H groups in total. The lowest BCUT2D eigenvalue weighted by molar-refractivity contribution is 0.540. The maximum Gasteiger partial charge on any atom is 0.0794 e. The zero-order valence-electron chi connectivity index (χ0n) is 9.57. The molecule has 0 spiro atoms. The first-order chi connectivity index (χ1) is 8.70. The van der Waals surface area contributed by atoms with Gasteiger partial charge >= 0.3 is 0 Å². The van der Waals surface area contributed by atoms with Crippen LogP contribution in [0.25, 0.3) is 0 Å². The number of halogens is 3. The Labute approximate surface area is 129 Å². The molecule has 1 aromatic carbocycles. The van der Waals surface area contributed by atoms with Gasteiger partial charge in [-0.15, -0.1) is 34.5 Å². The molecule has 1 nitrogen and oxygen atoms in total. The van der Waals surface area contributed by atoms with Gasteiger partial charge in [0, 0.05) is 32.7 Å². The van der Waals surface area contributed by atoms with Crippen LogP contribution in [0, 0.1) is 0 Å². The highest BCUT2D eigenvalue weighted by atomic mass is 79.9. The predicted molar refractivity (Wildman–Crippen MR) is 83.1 cm³/mol. The molecule has 1 heterocycles. The van der Waals surface area contributed by atoms with Gasteiger partial charge < -0.3 is 0 Å². The van der Waals surface area contributed by atoms with Crippen molar-refractivity contribution in [2.45, 2.75) is 11.8 Å². The zero-order valence-corrected chi connectivity index (χ0v) is 13.5. The van der Waals surface area contributed by atoms with Gasteiger partial charge in [-0.05, 0) is 24.1 Å².